The predicted molar refractivity (Wildman–Crippen MR) is 153 cm³/mol. The second-order valence-corrected chi connectivity index (χ2v) is 11.5. The Balaban J connectivity index is -0.000000270. The number of rotatable bonds is 25. The van der Waals surface area contributed by atoms with Crippen molar-refractivity contribution >= 4 is 20.8 Å². The quantitative estimate of drug-likeness (QED) is 0.0587. The summed E-state index contributed by atoms with van der Waals surface area (Å²) in [5, 5.41) is 7.75. The van der Waals surface area contributed by atoms with Gasteiger partial charge in [0.15, 0.2) is 0 Å². The van der Waals surface area contributed by atoms with Gasteiger partial charge >= 0.3 is 61.8 Å². The molecule has 0 saturated carbocycles. The van der Waals surface area contributed by atoms with Gasteiger partial charge in [0.2, 0.25) is 10.4 Å². The van der Waals surface area contributed by atoms with E-state index in [1.54, 1.807) is 0 Å². The largest absolute Gasteiger partial charge is 1.00 e. The molecule has 0 saturated heterocycles. The number of hydrogen-bond donors (Lipinski definition) is 3. The van der Waals surface area contributed by atoms with Crippen LogP contribution < -0.4 is 57.1 Å². The van der Waals surface area contributed by atoms with E-state index in [1.807, 2.05) is 0 Å². The molecule has 0 rings (SSSR count). The van der Waals surface area contributed by atoms with Gasteiger partial charge in [0, 0.05) is 6.54 Å². The van der Waals surface area contributed by atoms with E-state index in [0.29, 0.717) is 19.4 Å². The maximum atomic E-state index is 10.2. The van der Waals surface area contributed by atoms with Crippen molar-refractivity contribution in [3.63, 3.8) is 0 Å². The van der Waals surface area contributed by atoms with Crippen molar-refractivity contribution in [3.8, 4) is 0 Å². The Morgan fingerprint density at radius 3 is 1.08 bits per heavy atom. The smallest absolute Gasteiger partial charge is 0.726 e. The second-order valence-electron chi connectivity index (χ2n) is 9.36. The van der Waals surface area contributed by atoms with Crippen molar-refractivity contribution in [1.82, 2.24) is 0 Å². The van der Waals surface area contributed by atoms with Crippen molar-refractivity contribution in [2.45, 2.75) is 142 Å². The minimum absolute atomic E-state index is 0. The first-order chi connectivity index (χ1) is 18.0. The zero-order chi connectivity index (χ0) is 29.4. The van der Waals surface area contributed by atoms with Crippen LogP contribution in [0.2, 0.25) is 0 Å². The Morgan fingerprint density at radius 1 is 0.590 bits per heavy atom. The first-order valence-electron chi connectivity index (χ1n) is 14.6. The summed E-state index contributed by atoms with van der Waals surface area (Å²) in [5.74, 6) is 0. The third-order valence-electron chi connectivity index (χ3n) is 5.58. The zero-order valence-electron chi connectivity index (χ0n) is 25.1. The molecule has 0 heterocycles. The Kier molecular flexibility index (Phi) is 45.2. The number of aliphatic hydroxyl groups is 1. The van der Waals surface area contributed by atoms with Crippen LogP contribution in [0.4, 0.5) is 0 Å². The molecule has 0 bridgehead atoms. The SMILES string of the molecule is CCCCCCCCCCCCOS(=O)(=O)O.CCCCCCCCCCCCOS(=O)(=O)[O-].NCCO.[K+]. The maximum absolute atomic E-state index is 10.2. The summed E-state index contributed by atoms with van der Waals surface area (Å²) in [7, 11) is -8.72. The van der Waals surface area contributed by atoms with E-state index in [0.717, 1.165) is 25.7 Å². The molecule has 0 aliphatic rings. The summed E-state index contributed by atoms with van der Waals surface area (Å²) in [5.41, 5.74) is 4.78. The summed E-state index contributed by atoms with van der Waals surface area (Å²) in [6.45, 7) is 5.02. The number of hydrogen-bond acceptors (Lipinski definition) is 9. The van der Waals surface area contributed by atoms with Gasteiger partial charge in [0.25, 0.3) is 0 Å². The van der Waals surface area contributed by atoms with E-state index in [4.69, 9.17) is 15.4 Å². The molecule has 0 radical (unpaired) electrons. The molecule has 234 valence electrons. The third-order valence-corrected chi connectivity index (χ3v) is 6.50. The maximum Gasteiger partial charge on any atom is 1.00 e. The molecule has 0 amide bonds. The van der Waals surface area contributed by atoms with Crippen LogP contribution in [0.1, 0.15) is 142 Å². The normalized spacial score (nSPS) is 11.1. The Hall–Kier alpha value is 1.30. The first kappa shape index (κ1) is 47.2. The Labute approximate surface area is 283 Å². The van der Waals surface area contributed by atoms with Crippen LogP contribution in [-0.2, 0) is 29.2 Å². The minimum atomic E-state index is -4.48. The van der Waals surface area contributed by atoms with E-state index >= 15 is 0 Å². The summed E-state index contributed by atoms with van der Waals surface area (Å²) < 4.78 is 67.4. The molecule has 0 atom stereocenters. The fraction of sp³-hybridized carbons (Fsp3) is 1.00. The standard InChI is InChI=1S/2C12H26O4S.C2H7NO.K/c2*1-2-3-4-5-6-7-8-9-10-11-12-16-17(13,14)15;3-1-2-4;/h2*2-12H2,1H3,(H,13,14,15);4H,1-3H2;/q;;;+1/p-1. The second kappa shape index (κ2) is 37.3. The molecule has 0 aromatic rings. The molecular formula is C26H58KNO9S2. The average molecular weight is 632 g/mol. The van der Waals surface area contributed by atoms with E-state index in [2.05, 4.69) is 22.2 Å². The first-order valence-corrected chi connectivity index (χ1v) is 17.3. The Morgan fingerprint density at radius 2 is 0.846 bits per heavy atom. The van der Waals surface area contributed by atoms with Gasteiger partial charge in [-0.05, 0) is 12.8 Å². The third kappa shape index (κ3) is 59.6. The molecule has 4 N–H and O–H groups in total. The van der Waals surface area contributed by atoms with E-state index in [-0.39, 0.29) is 71.2 Å². The van der Waals surface area contributed by atoms with Crippen LogP contribution in [0, 0.1) is 0 Å². The van der Waals surface area contributed by atoms with Crippen molar-refractivity contribution < 1.29 is 90.8 Å². The van der Waals surface area contributed by atoms with Gasteiger partial charge in [-0.3, -0.25) is 8.74 Å². The topological polar surface area (TPSA) is 176 Å². The molecule has 10 nitrogen and oxygen atoms in total. The molecule has 39 heavy (non-hydrogen) atoms. The molecule has 0 aromatic carbocycles. The van der Waals surface area contributed by atoms with Crippen LogP contribution in [0.3, 0.4) is 0 Å². The summed E-state index contributed by atoms with van der Waals surface area (Å²) in [6.07, 6.45) is 23.6. The van der Waals surface area contributed by atoms with Gasteiger partial charge < -0.3 is 15.4 Å². The zero-order valence-corrected chi connectivity index (χ0v) is 29.9. The number of nitrogens with two attached hydrogens (primary N) is 1. The van der Waals surface area contributed by atoms with Gasteiger partial charge in [0.1, 0.15) is 0 Å². The molecule has 0 fully saturated rings. The van der Waals surface area contributed by atoms with E-state index in [9.17, 15) is 21.4 Å². The van der Waals surface area contributed by atoms with Gasteiger partial charge in [-0.25, -0.2) is 12.6 Å². The summed E-state index contributed by atoms with van der Waals surface area (Å²) in [4.78, 5) is 0. The van der Waals surface area contributed by atoms with Crippen molar-refractivity contribution in [3.05, 3.63) is 0 Å². The molecule has 0 aliphatic carbocycles. The average Bonchev–Trinajstić information content (AvgIpc) is 2.85. The van der Waals surface area contributed by atoms with Crippen LogP contribution in [0.5, 0.6) is 0 Å². The van der Waals surface area contributed by atoms with Crippen LogP contribution in [-0.4, -0.2) is 57.4 Å². The Bertz CT molecular complexity index is 596. The van der Waals surface area contributed by atoms with E-state index < -0.39 is 20.8 Å². The predicted octanol–water partition coefficient (Wildman–Crippen LogP) is 3.05. The molecular weight excluding hydrogens is 574 g/mol. The minimum Gasteiger partial charge on any atom is -0.726 e. The van der Waals surface area contributed by atoms with Gasteiger partial charge in [0.05, 0.1) is 19.8 Å². The van der Waals surface area contributed by atoms with Crippen molar-refractivity contribution in [1.29, 1.82) is 0 Å². The number of aliphatic hydroxyl groups excluding tert-OH is 1. The summed E-state index contributed by atoms with van der Waals surface area (Å²) in [6, 6.07) is 0. The molecule has 0 aromatic heterocycles. The fourth-order valence-corrected chi connectivity index (χ4v) is 4.15. The van der Waals surface area contributed by atoms with Crippen LogP contribution in [0.15, 0.2) is 0 Å². The van der Waals surface area contributed by atoms with Crippen molar-refractivity contribution in [2.24, 2.45) is 5.73 Å². The molecule has 0 aliphatic heterocycles. The van der Waals surface area contributed by atoms with Gasteiger partial charge in [-0.2, -0.15) is 8.42 Å². The van der Waals surface area contributed by atoms with Crippen LogP contribution >= 0.6 is 0 Å². The molecule has 0 spiro atoms. The monoisotopic (exact) mass is 631 g/mol. The van der Waals surface area contributed by atoms with E-state index in [1.165, 1.54) is 89.9 Å². The molecule has 0 unspecified atom stereocenters. The van der Waals surface area contributed by atoms with Crippen LogP contribution in [0.25, 0.3) is 0 Å². The van der Waals surface area contributed by atoms with Gasteiger partial charge in [-0.15, -0.1) is 0 Å². The van der Waals surface area contributed by atoms with Gasteiger partial charge in [-0.1, -0.05) is 129 Å². The number of unbranched alkanes of at least 4 members (excludes halogenated alkanes) is 18. The molecule has 13 heteroatoms. The van der Waals surface area contributed by atoms with Crippen molar-refractivity contribution in [2.75, 3.05) is 26.4 Å². The fourth-order valence-electron chi connectivity index (χ4n) is 3.50. The summed E-state index contributed by atoms with van der Waals surface area (Å²) >= 11 is 0.